The van der Waals surface area contributed by atoms with Crippen LogP contribution in [0.2, 0.25) is 0 Å². The third-order valence-corrected chi connectivity index (χ3v) is 4.37. The monoisotopic (exact) mass is 376 g/mol. The van der Waals surface area contributed by atoms with Gasteiger partial charge in [-0.1, -0.05) is 24.3 Å². The van der Waals surface area contributed by atoms with E-state index in [2.05, 4.69) is 20.6 Å². The molecule has 8 heteroatoms. The molecule has 2 aromatic rings. The van der Waals surface area contributed by atoms with Gasteiger partial charge in [0.15, 0.2) is 0 Å². The van der Waals surface area contributed by atoms with Crippen LogP contribution in [0, 0.1) is 0 Å². The highest BCUT2D eigenvalue weighted by molar-refractivity contribution is 5.97. The molecule has 0 radical (unpaired) electrons. The number of hydrogen-bond acceptors (Lipinski definition) is 6. The molecule has 2 atom stereocenters. The van der Waals surface area contributed by atoms with E-state index in [9.17, 15) is 19.2 Å². The number of amides is 2. The third kappa shape index (κ3) is 4.65. The second-order valence-corrected chi connectivity index (χ2v) is 6.27. The minimum atomic E-state index is -0.673. The molecule has 0 aliphatic carbocycles. The van der Waals surface area contributed by atoms with Gasteiger partial charge in [-0.3, -0.25) is 9.59 Å². The summed E-state index contributed by atoms with van der Waals surface area (Å²) in [5.41, 5.74) is 2.60. The molecule has 1 aliphatic heterocycles. The molecule has 8 nitrogen and oxygen atoms in total. The van der Waals surface area contributed by atoms with Gasteiger partial charge in [-0.25, -0.2) is 9.59 Å². The number of benzene rings is 2. The Balaban J connectivity index is 1.61. The van der Waals surface area contributed by atoms with Gasteiger partial charge in [-0.2, -0.15) is 9.98 Å². The van der Waals surface area contributed by atoms with Crippen molar-refractivity contribution in [2.75, 3.05) is 0 Å². The van der Waals surface area contributed by atoms with Gasteiger partial charge in [0.2, 0.25) is 24.0 Å². The van der Waals surface area contributed by atoms with Crippen LogP contribution in [-0.4, -0.2) is 36.1 Å². The maximum absolute atomic E-state index is 12.4. The molecule has 0 saturated carbocycles. The van der Waals surface area contributed by atoms with Gasteiger partial charge in [0.1, 0.15) is 12.1 Å². The molecule has 1 aliphatic rings. The lowest BCUT2D eigenvalue weighted by Gasteiger charge is -2.29. The fourth-order valence-electron chi connectivity index (χ4n) is 2.95. The number of isocyanates is 2. The zero-order valence-corrected chi connectivity index (χ0v) is 14.7. The molecular weight excluding hydrogens is 360 g/mol. The molecule has 2 unspecified atom stereocenters. The molecule has 0 bridgehead atoms. The topological polar surface area (TPSA) is 117 Å². The standard InChI is InChI=1S/C20H16N4O4/c25-11-21-15-5-1-13(2-6-15)9-17-19(27)24-18(20(28)23-17)10-14-3-7-16(8-4-14)22-12-26/h1-8,17-18H,9-10H2,(H,23,28)(H,24,27). The highest BCUT2D eigenvalue weighted by atomic mass is 16.2. The largest absolute Gasteiger partial charge is 0.342 e. The molecule has 1 saturated heterocycles. The molecule has 0 aromatic heterocycles. The molecule has 140 valence electrons. The molecule has 28 heavy (non-hydrogen) atoms. The first-order valence-electron chi connectivity index (χ1n) is 8.53. The van der Waals surface area contributed by atoms with Crippen molar-refractivity contribution < 1.29 is 19.2 Å². The van der Waals surface area contributed by atoms with Crippen molar-refractivity contribution in [3.63, 3.8) is 0 Å². The lowest BCUT2D eigenvalue weighted by atomic mass is 9.98. The van der Waals surface area contributed by atoms with Crippen LogP contribution in [0.4, 0.5) is 11.4 Å². The Kier molecular flexibility index (Phi) is 5.87. The van der Waals surface area contributed by atoms with Crippen molar-refractivity contribution in [2.24, 2.45) is 9.98 Å². The lowest BCUT2D eigenvalue weighted by molar-refractivity contribution is -0.136. The van der Waals surface area contributed by atoms with Gasteiger partial charge < -0.3 is 10.6 Å². The predicted octanol–water partition coefficient (Wildman–Crippen LogP) is 1.39. The SMILES string of the molecule is O=C=Nc1ccc(CC2NC(=O)C(Cc3ccc(N=C=O)cc3)NC2=O)cc1. The summed E-state index contributed by atoms with van der Waals surface area (Å²) in [5, 5.41) is 5.50. The van der Waals surface area contributed by atoms with Crippen molar-refractivity contribution >= 4 is 35.3 Å². The summed E-state index contributed by atoms with van der Waals surface area (Å²) in [6.07, 6.45) is 3.58. The third-order valence-electron chi connectivity index (χ3n) is 4.37. The van der Waals surface area contributed by atoms with E-state index < -0.39 is 12.1 Å². The first kappa shape index (κ1) is 18.9. The molecule has 2 N–H and O–H groups in total. The molecule has 2 amide bonds. The smallest absolute Gasteiger partial charge is 0.243 e. The first-order valence-corrected chi connectivity index (χ1v) is 8.53. The van der Waals surface area contributed by atoms with Crippen LogP contribution in [0.25, 0.3) is 0 Å². The van der Waals surface area contributed by atoms with Crippen molar-refractivity contribution in [1.82, 2.24) is 10.6 Å². The fraction of sp³-hybridized carbons (Fsp3) is 0.200. The first-order chi connectivity index (χ1) is 13.6. The van der Waals surface area contributed by atoms with E-state index in [1.165, 1.54) is 12.2 Å². The number of nitrogens with zero attached hydrogens (tertiary/aromatic N) is 2. The van der Waals surface area contributed by atoms with Gasteiger partial charge in [-0.05, 0) is 35.4 Å². The van der Waals surface area contributed by atoms with Crippen molar-refractivity contribution in [2.45, 2.75) is 24.9 Å². The molecule has 0 spiro atoms. The number of nitrogens with one attached hydrogen (secondary N) is 2. The van der Waals surface area contributed by atoms with E-state index in [-0.39, 0.29) is 11.8 Å². The number of carbonyl (C=O) groups is 2. The number of rotatable bonds is 6. The van der Waals surface area contributed by atoms with E-state index >= 15 is 0 Å². The minimum absolute atomic E-state index is 0.262. The second kappa shape index (κ2) is 8.68. The van der Waals surface area contributed by atoms with Gasteiger partial charge in [0.25, 0.3) is 0 Å². The van der Waals surface area contributed by atoms with Gasteiger partial charge in [0.05, 0.1) is 11.4 Å². The van der Waals surface area contributed by atoms with E-state index in [4.69, 9.17) is 0 Å². The molecule has 1 heterocycles. The molecule has 1 fully saturated rings. The average molecular weight is 376 g/mol. The number of hydrogen-bond donors (Lipinski definition) is 2. The van der Waals surface area contributed by atoms with Crippen LogP contribution >= 0.6 is 0 Å². The summed E-state index contributed by atoms with van der Waals surface area (Å²) in [6.45, 7) is 0. The van der Waals surface area contributed by atoms with Crippen LogP contribution in [0.5, 0.6) is 0 Å². The quantitative estimate of drug-likeness (QED) is 0.585. The zero-order valence-electron chi connectivity index (χ0n) is 14.7. The number of carbonyl (C=O) groups excluding carboxylic acids is 4. The normalized spacial score (nSPS) is 18.3. The van der Waals surface area contributed by atoms with Crippen LogP contribution in [-0.2, 0) is 32.0 Å². The average Bonchev–Trinajstić information content (AvgIpc) is 2.69. The van der Waals surface area contributed by atoms with Crippen LogP contribution in [0.1, 0.15) is 11.1 Å². The zero-order chi connectivity index (χ0) is 19.9. The highest BCUT2D eigenvalue weighted by Crippen LogP contribution is 2.16. The summed E-state index contributed by atoms with van der Waals surface area (Å²) in [6, 6.07) is 12.2. The number of piperazine rings is 1. The van der Waals surface area contributed by atoms with Crippen LogP contribution in [0.3, 0.4) is 0 Å². The summed E-state index contributed by atoms with van der Waals surface area (Å²) < 4.78 is 0. The minimum Gasteiger partial charge on any atom is -0.342 e. The predicted molar refractivity (Wildman–Crippen MR) is 99.7 cm³/mol. The molecule has 2 aromatic carbocycles. The summed E-state index contributed by atoms with van der Waals surface area (Å²) in [7, 11) is 0. The second-order valence-electron chi connectivity index (χ2n) is 6.27. The van der Waals surface area contributed by atoms with Gasteiger partial charge >= 0.3 is 0 Å². The molecular formula is C20H16N4O4. The molecule has 3 rings (SSSR count). The fourth-order valence-corrected chi connectivity index (χ4v) is 2.95. The van der Waals surface area contributed by atoms with Gasteiger partial charge in [0, 0.05) is 12.8 Å². The van der Waals surface area contributed by atoms with E-state index in [1.807, 2.05) is 0 Å². The summed E-state index contributed by atoms with van der Waals surface area (Å²) >= 11 is 0. The Morgan fingerprint density at radius 3 is 1.36 bits per heavy atom. The number of aliphatic imine (C=N–C) groups is 2. The summed E-state index contributed by atoms with van der Waals surface area (Å²) in [4.78, 5) is 52.3. The Morgan fingerprint density at radius 2 is 1.04 bits per heavy atom. The Labute approximate surface area is 160 Å². The maximum Gasteiger partial charge on any atom is 0.243 e. The summed E-state index contributed by atoms with van der Waals surface area (Å²) in [5.74, 6) is -0.525. The van der Waals surface area contributed by atoms with Crippen LogP contribution in [0.15, 0.2) is 58.5 Å². The van der Waals surface area contributed by atoms with Gasteiger partial charge in [-0.15, -0.1) is 0 Å². The van der Waals surface area contributed by atoms with E-state index in [0.717, 1.165) is 11.1 Å². The van der Waals surface area contributed by atoms with Crippen LogP contribution < -0.4 is 10.6 Å². The Morgan fingerprint density at radius 1 is 0.679 bits per heavy atom. The van der Waals surface area contributed by atoms with Crippen molar-refractivity contribution in [1.29, 1.82) is 0 Å². The van der Waals surface area contributed by atoms with Crippen molar-refractivity contribution in [3.05, 3.63) is 59.7 Å². The highest BCUT2D eigenvalue weighted by Gasteiger charge is 2.33. The Bertz CT molecular complexity index is 891. The van der Waals surface area contributed by atoms with E-state index in [1.54, 1.807) is 48.5 Å². The Hall–Kier alpha value is -3.86. The maximum atomic E-state index is 12.4. The van der Waals surface area contributed by atoms with E-state index in [0.29, 0.717) is 24.2 Å². The van der Waals surface area contributed by atoms with Crippen molar-refractivity contribution in [3.8, 4) is 0 Å². The lowest BCUT2D eigenvalue weighted by Crippen LogP contribution is -2.62.